The highest BCUT2D eigenvalue weighted by Gasteiger charge is 2.20. The van der Waals surface area contributed by atoms with Gasteiger partial charge >= 0.3 is 0 Å². The van der Waals surface area contributed by atoms with E-state index in [1.807, 2.05) is 19.4 Å². The lowest BCUT2D eigenvalue weighted by atomic mass is 9.86. The summed E-state index contributed by atoms with van der Waals surface area (Å²) >= 11 is 1.73. The molecule has 5 heteroatoms. The molecule has 4 nitrogen and oxygen atoms in total. The van der Waals surface area contributed by atoms with Crippen LogP contribution in [0.1, 0.15) is 43.7 Å². The Bertz CT molecular complexity index is 411. The van der Waals surface area contributed by atoms with Gasteiger partial charge in [0.15, 0.2) is 0 Å². The number of unbranched alkanes of at least 4 members (excludes halogenated alkanes) is 1. The first-order valence-electron chi connectivity index (χ1n) is 6.75. The zero-order valence-electron chi connectivity index (χ0n) is 12.5. The van der Waals surface area contributed by atoms with Crippen LogP contribution < -0.4 is 5.73 Å². The van der Waals surface area contributed by atoms with Crippen molar-refractivity contribution in [2.45, 2.75) is 46.6 Å². The third kappa shape index (κ3) is 5.28. The first-order chi connectivity index (χ1) is 8.83. The van der Waals surface area contributed by atoms with Gasteiger partial charge in [-0.1, -0.05) is 20.3 Å². The van der Waals surface area contributed by atoms with E-state index in [2.05, 4.69) is 23.9 Å². The Balaban J connectivity index is 2.23. The predicted molar refractivity (Wildman–Crippen MR) is 82.7 cm³/mol. The van der Waals surface area contributed by atoms with Crippen LogP contribution >= 0.6 is 11.3 Å². The van der Waals surface area contributed by atoms with Crippen LogP contribution in [0.4, 0.5) is 0 Å². The van der Waals surface area contributed by atoms with Crippen LogP contribution in [0.5, 0.6) is 0 Å². The van der Waals surface area contributed by atoms with Gasteiger partial charge in [0, 0.05) is 16.8 Å². The number of nitrogens with one attached hydrogen (secondary N) is 1. The third-order valence-corrected chi connectivity index (χ3v) is 4.50. The molecule has 0 fully saturated rings. The van der Waals surface area contributed by atoms with E-state index in [9.17, 15) is 0 Å². The molecule has 0 amide bonds. The highest BCUT2D eigenvalue weighted by molar-refractivity contribution is 7.09. The number of nitrogens with two attached hydrogens (primary N) is 1. The number of aromatic nitrogens is 1. The van der Waals surface area contributed by atoms with Gasteiger partial charge < -0.3 is 10.6 Å². The van der Waals surface area contributed by atoms with Crippen LogP contribution in [0.15, 0.2) is 5.51 Å². The topological polar surface area (TPSA) is 66.0 Å². The average molecular weight is 282 g/mol. The summed E-state index contributed by atoms with van der Waals surface area (Å²) in [5, 5.41) is 7.53. The fourth-order valence-corrected chi connectivity index (χ4v) is 2.74. The van der Waals surface area contributed by atoms with Crippen LogP contribution in [0.25, 0.3) is 0 Å². The second kappa shape index (κ2) is 7.01. The van der Waals surface area contributed by atoms with E-state index in [1.54, 1.807) is 11.3 Å². The van der Waals surface area contributed by atoms with Gasteiger partial charge in [0.05, 0.1) is 17.0 Å². The fraction of sp³-hybridized carbons (Fsp3) is 0.714. The van der Waals surface area contributed by atoms with Crippen molar-refractivity contribution in [3.05, 3.63) is 16.1 Å². The Morgan fingerprint density at radius 1 is 1.47 bits per heavy atom. The molecule has 0 saturated carbocycles. The first-order valence-corrected chi connectivity index (χ1v) is 7.63. The monoisotopic (exact) mass is 282 g/mol. The van der Waals surface area contributed by atoms with E-state index < -0.39 is 0 Å². The van der Waals surface area contributed by atoms with E-state index in [-0.39, 0.29) is 5.41 Å². The lowest BCUT2D eigenvalue weighted by Crippen LogP contribution is -2.31. The van der Waals surface area contributed by atoms with Crippen molar-refractivity contribution in [2.75, 3.05) is 13.6 Å². The van der Waals surface area contributed by atoms with Crippen molar-refractivity contribution < 1.29 is 0 Å². The molecule has 1 aromatic heterocycles. The highest BCUT2D eigenvalue weighted by Crippen LogP contribution is 2.23. The Hall–Kier alpha value is -0.940. The Morgan fingerprint density at radius 3 is 2.68 bits per heavy atom. The first kappa shape index (κ1) is 16.1. The largest absolute Gasteiger partial charge is 0.387 e. The average Bonchev–Trinajstić information content (AvgIpc) is 2.70. The molecule has 0 bridgehead atoms. The van der Waals surface area contributed by atoms with Gasteiger partial charge in [0.25, 0.3) is 0 Å². The lowest BCUT2D eigenvalue weighted by Gasteiger charge is -2.23. The maximum absolute atomic E-state index is 7.53. The second-order valence-electron chi connectivity index (χ2n) is 5.85. The summed E-state index contributed by atoms with van der Waals surface area (Å²) in [7, 11) is 2.15. The quantitative estimate of drug-likeness (QED) is 0.437. The molecule has 1 heterocycles. The van der Waals surface area contributed by atoms with Crippen molar-refractivity contribution in [1.82, 2.24) is 9.88 Å². The summed E-state index contributed by atoms with van der Waals surface area (Å²) in [4.78, 5) is 7.96. The van der Waals surface area contributed by atoms with Gasteiger partial charge in [-0.05, 0) is 33.4 Å². The van der Waals surface area contributed by atoms with Gasteiger partial charge in [-0.2, -0.15) is 0 Å². The predicted octanol–water partition coefficient (Wildman–Crippen LogP) is 3.02. The molecule has 0 spiro atoms. The number of hydrogen-bond acceptors (Lipinski definition) is 4. The van der Waals surface area contributed by atoms with Crippen LogP contribution in [-0.2, 0) is 6.54 Å². The summed E-state index contributed by atoms with van der Waals surface area (Å²) in [6, 6.07) is 0. The Kier molecular flexibility index (Phi) is 5.94. The molecule has 3 N–H and O–H groups in total. The van der Waals surface area contributed by atoms with Crippen molar-refractivity contribution in [3.8, 4) is 0 Å². The van der Waals surface area contributed by atoms with Crippen molar-refractivity contribution in [2.24, 2.45) is 11.1 Å². The van der Waals surface area contributed by atoms with E-state index in [0.717, 1.165) is 38.0 Å². The van der Waals surface area contributed by atoms with Crippen LogP contribution in [0.3, 0.4) is 0 Å². The van der Waals surface area contributed by atoms with E-state index in [0.29, 0.717) is 5.84 Å². The zero-order valence-corrected chi connectivity index (χ0v) is 13.3. The highest BCUT2D eigenvalue weighted by atomic mass is 32.1. The summed E-state index contributed by atoms with van der Waals surface area (Å²) in [6.45, 7) is 8.20. The summed E-state index contributed by atoms with van der Waals surface area (Å²) in [6.07, 6.45) is 3.24. The van der Waals surface area contributed by atoms with Crippen molar-refractivity contribution in [3.63, 3.8) is 0 Å². The number of aryl methyl sites for hydroxylation is 1. The number of hydrogen-bond donors (Lipinski definition) is 2. The molecule has 108 valence electrons. The standard InChI is InChI=1S/C14H26N4S/c1-11-12(19-10-17-11)9-18(4)8-6-5-7-14(2,3)13(15)16/h10H,5-9H2,1-4H3,(H3,15,16). The smallest absolute Gasteiger partial charge is 0.0963 e. The summed E-state index contributed by atoms with van der Waals surface area (Å²) < 4.78 is 0. The number of rotatable bonds is 8. The third-order valence-electron chi connectivity index (χ3n) is 3.58. The molecule has 1 rings (SSSR count). The van der Waals surface area contributed by atoms with Gasteiger partial charge in [-0.3, -0.25) is 5.41 Å². The molecule has 0 aromatic carbocycles. The normalized spacial score (nSPS) is 12.1. The van der Waals surface area contributed by atoms with E-state index in [4.69, 9.17) is 11.1 Å². The molecule has 0 aliphatic rings. The summed E-state index contributed by atoms with van der Waals surface area (Å²) in [5.41, 5.74) is 8.48. The molecule has 1 aromatic rings. The fourth-order valence-electron chi connectivity index (χ4n) is 1.89. The van der Waals surface area contributed by atoms with Crippen LogP contribution in [0, 0.1) is 17.7 Å². The Labute approximate surface area is 120 Å². The van der Waals surface area contributed by atoms with Gasteiger partial charge in [0.2, 0.25) is 0 Å². The molecule has 19 heavy (non-hydrogen) atoms. The van der Waals surface area contributed by atoms with Crippen molar-refractivity contribution in [1.29, 1.82) is 5.41 Å². The lowest BCUT2D eigenvalue weighted by molar-refractivity contribution is 0.310. The van der Waals surface area contributed by atoms with Gasteiger partial charge in [-0.25, -0.2) is 4.98 Å². The molecule has 0 unspecified atom stereocenters. The molecular weight excluding hydrogens is 256 g/mol. The van der Waals surface area contributed by atoms with Gasteiger partial charge in [0.1, 0.15) is 0 Å². The molecule has 0 aliphatic carbocycles. The van der Waals surface area contributed by atoms with Crippen molar-refractivity contribution >= 4 is 17.2 Å². The zero-order chi connectivity index (χ0) is 14.5. The minimum absolute atomic E-state index is 0.160. The maximum Gasteiger partial charge on any atom is 0.0963 e. The minimum atomic E-state index is -0.160. The van der Waals surface area contributed by atoms with Gasteiger partial charge in [-0.15, -0.1) is 11.3 Å². The summed E-state index contributed by atoms with van der Waals surface area (Å²) in [5.74, 6) is 0.293. The van der Waals surface area contributed by atoms with Crippen LogP contribution in [0.2, 0.25) is 0 Å². The van der Waals surface area contributed by atoms with E-state index >= 15 is 0 Å². The van der Waals surface area contributed by atoms with E-state index in [1.165, 1.54) is 4.88 Å². The van der Waals surface area contributed by atoms with Crippen LogP contribution in [-0.4, -0.2) is 29.3 Å². The number of thiazole rings is 1. The molecule has 0 radical (unpaired) electrons. The molecule has 0 saturated heterocycles. The number of amidine groups is 1. The Morgan fingerprint density at radius 2 is 2.16 bits per heavy atom. The molecular formula is C14H26N4S. The number of nitrogens with zero attached hydrogens (tertiary/aromatic N) is 2. The maximum atomic E-state index is 7.53. The minimum Gasteiger partial charge on any atom is -0.387 e. The second-order valence-corrected chi connectivity index (χ2v) is 6.79. The molecule has 0 atom stereocenters. The molecule has 0 aliphatic heterocycles. The SMILES string of the molecule is Cc1ncsc1CN(C)CCCCC(C)(C)C(=N)N.